The lowest BCUT2D eigenvalue weighted by Gasteiger charge is -2.13. The Morgan fingerprint density at radius 2 is 2.07 bits per heavy atom. The molecular weight excluding hydrogens is 250 g/mol. The molecule has 0 amide bonds. The lowest BCUT2D eigenvalue weighted by atomic mass is 10.3. The Labute approximate surface area is 95.7 Å². The van der Waals surface area contributed by atoms with Crippen LogP contribution in [-0.4, -0.2) is 26.7 Å². The number of aliphatic hydroxyl groups is 1. The Bertz CT molecular complexity index is 309. The number of alkyl halides is 3. The van der Waals surface area contributed by atoms with E-state index in [1.54, 1.807) is 0 Å². The Balaban J connectivity index is 3.13. The summed E-state index contributed by atoms with van der Waals surface area (Å²) >= 11 is 17.2. The zero-order valence-electron chi connectivity index (χ0n) is 7.12. The van der Waals surface area contributed by atoms with E-state index in [1.165, 1.54) is 4.68 Å². The number of halogens is 3. The standard InChI is InChI=1S/C6H9Cl3N4O/c7-6(8,9)5-4(3-10)11-12-13(5)1-2-14/h14H,1-3,10H2. The third-order valence-electron chi connectivity index (χ3n) is 1.58. The van der Waals surface area contributed by atoms with Gasteiger partial charge < -0.3 is 10.8 Å². The quantitative estimate of drug-likeness (QED) is 0.778. The van der Waals surface area contributed by atoms with Crippen LogP contribution in [0.5, 0.6) is 0 Å². The van der Waals surface area contributed by atoms with E-state index in [4.69, 9.17) is 45.6 Å². The van der Waals surface area contributed by atoms with Gasteiger partial charge in [-0.2, -0.15) is 0 Å². The monoisotopic (exact) mass is 258 g/mol. The van der Waals surface area contributed by atoms with Crippen LogP contribution in [0.25, 0.3) is 0 Å². The fourth-order valence-electron chi connectivity index (χ4n) is 1.05. The van der Waals surface area contributed by atoms with E-state index < -0.39 is 3.79 Å². The second-order valence-corrected chi connectivity index (χ2v) is 4.81. The van der Waals surface area contributed by atoms with E-state index in [-0.39, 0.29) is 19.7 Å². The largest absolute Gasteiger partial charge is 0.394 e. The molecule has 0 saturated carbocycles. The number of nitrogens with zero attached hydrogens (tertiary/aromatic N) is 3. The fraction of sp³-hybridized carbons (Fsp3) is 0.667. The van der Waals surface area contributed by atoms with Gasteiger partial charge in [0, 0.05) is 6.54 Å². The van der Waals surface area contributed by atoms with Crippen LogP contribution >= 0.6 is 34.8 Å². The highest BCUT2D eigenvalue weighted by molar-refractivity contribution is 6.66. The summed E-state index contributed by atoms with van der Waals surface area (Å²) < 4.78 is -0.303. The van der Waals surface area contributed by atoms with Crippen molar-refractivity contribution >= 4 is 34.8 Å². The molecule has 8 heteroatoms. The van der Waals surface area contributed by atoms with Crippen molar-refractivity contribution in [1.29, 1.82) is 0 Å². The highest BCUT2D eigenvalue weighted by Crippen LogP contribution is 2.39. The molecule has 3 N–H and O–H groups in total. The molecule has 0 radical (unpaired) electrons. The first-order chi connectivity index (χ1) is 6.50. The first-order valence-corrected chi connectivity index (χ1v) is 4.94. The van der Waals surface area contributed by atoms with Gasteiger partial charge in [0.05, 0.1) is 13.2 Å². The van der Waals surface area contributed by atoms with Crippen LogP contribution in [0.15, 0.2) is 0 Å². The first-order valence-electron chi connectivity index (χ1n) is 3.81. The highest BCUT2D eigenvalue weighted by Gasteiger charge is 2.31. The maximum Gasteiger partial charge on any atom is 0.234 e. The summed E-state index contributed by atoms with van der Waals surface area (Å²) in [5, 5.41) is 16.2. The molecular formula is C6H9Cl3N4O. The minimum absolute atomic E-state index is 0.110. The molecule has 0 saturated heterocycles. The van der Waals surface area contributed by atoms with Crippen LogP contribution in [0.1, 0.15) is 11.4 Å². The molecule has 0 aliphatic heterocycles. The lowest BCUT2D eigenvalue weighted by Crippen LogP contribution is -2.16. The molecule has 0 fully saturated rings. The zero-order valence-corrected chi connectivity index (χ0v) is 9.39. The average Bonchev–Trinajstić information content (AvgIpc) is 2.47. The summed E-state index contributed by atoms with van der Waals surface area (Å²) in [5.41, 5.74) is 6.12. The summed E-state index contributed by atoms with van der Waals surface area (Å²) in [7, 11) is 0. The minimum Gasteiger partial charge on any atom is -0.394 e. The highest BCUT2D eigenvalue weighted by atomic mass is 35.6. The van der Waals surface area contributed by atoms with Crippen LogP contribution in [0, 0.1) is 0 Å². The number of hydrogen-bond acceptors (Lipinski definition) is 4. The molecule has 1 heterocycles. The summed E-state index contributed by atoms with van der Waals surface area (Å²) in [6.45, 7) is 0.242. The Kier molecular flexibility index (Phi) is 3.97. The SMILES string of the molecule is NCc1nnn(CCO)c1C(Cl)(Cl)Cl. The van der Waals surface area contributed by atoms with Crippen molar-refractivity contribution in [1.82, 2.24) is 15.0 Å². The third kappa shape index (κ3) is 2.49. The first kappa shape index (κ1) is 12.0. The van der Waals surface area contributed by atoms with Gasteiger partial charge in [-0.15, -0.1) is 5.10 Å². The molecule has 1 aromatic rings. The predicted molar refractivity (Wildman–Crippen MR) is 54.2 cm³/mol. The average molecular weight is 260 g/mol. The molecule has 0 spiro atoms. The molecule has 0 atom stereocenters. The molecule has 0 aromatic carbocycles. The Morgan fingerprint density at radius 3 is 2.50 bits per heavy atom. The Hall–Kier alpha value is -0.0700. The van der Waals surface area contributed by atoms with Crippen LogP contribution in [0.3, 0.4) is 0 Å². The van der Waals surface area contributed by atoms with Crippen LogP contribution in [0.4, 0.5) is 0 Å². The van der Waals surface area contributed by atoms with Gasteiger partial charge in [0.2, 0.25) is 3.79 Å². The van der Waals surface area contributed by atoms with Gasteiger partial charge in [-0.3, -0.25) is 0 Å². The molecule has 0 aliphatic rings. The fourth-order valence-corrected chi connectivity index (χ4v) is 1.67. The second kappa shape index (κ2) is 4.63. The van der Waals surface area contributed by atoms with Crippen molar-refractivity contribution in [2.24, 2.45) is 5.73 Å². The van der Waals surface area contributed by atoms with Crippen molar-refractivity contribution in [2.45, 2.75) is 16.9 Å². The maximum absolute atomic E-state index is 8.74. The topological polar surface area (TPSA) is 77.0 Å². The van der Waals surface area contributed by atoms with Gasteiger partial charge in [-0.25, -0.2) is 4.68 Å². The predicted octanol–water partition coefficient (Wildman–Crippen LogP) is 0.556. The van der Waals surface area contributed by atoms with E-state index >= 15 is 0 Å². The summed E-state index contributed by atoms with van der Waals surface area (Å²) in [5.74, 6) is 0. The van der Waals surface area contributed by atoms with Crippen molar-refractivity contribution in [3.05, 3.63) is 11.4 Å². The summed E-state index contributed by atoms with van der Waals surface area (Å²) in [6.07, 6.45) is 0. The normalized spacial score (nSPS) is 12.1. The van der Waals surface area contributed by atoms with Crippen molar-refractivity contribution < 1.29 is 5.11 Å². The third-order valence-corrected chi connectivity index (χ3v) is 2.12. The molecule has 14 heavy (non-hydrogen) atoms. The van der Waals surface area contributed by atoms with Gasteiger partial charge in [-0.05, 0) is 0 Å². The molecule has 0 unspecified atom stereocenters. The number of hydrogen-bond donors (Lipinski definition) is 2. The second-order valence-electron chi connectivity index (χ2n) is 2.53. The van der Waals surface area contributed by atoms with Crippen molar-refractivity contribution in [3.8, 4) is 0 Å². The summed E-state index contributed by atoms with van der Waals surface area (Å²) in [6, 6.07) is 0. The Morgan fingerprint density at radius 1 is 1.43 bits per heavy atom. The van der Waals surface area contributed by atoms with Gasteiger partial charge in [0.15, 0.2) is 0 Å². The lowest BCUT2D eigenvalue weighted by molar-refractivity contribution is 0.266. The molecule has 5 nitrogen and oxygen atoms in total. The maximum atomic E-state index is 8.74. The molecule has 0 aliphatic carbocycles. The minimum atomic E-state index is -1.63. The van der Waals surface area contributed by atoms with Crippen LogP contribution in [-0.2, 0) is 16.9 Å². The van der Waals surface area contributed by atoms with E-state index in [9.17, 15) is 0 Å². The van der Waals surface area contributed by atoms with E-state index in [0.29, 0.717) is 11.4 Å². The van der Waals surface area contributed by atoms with E-state index in [1.807, 2.05) is 0 Å². The van der Waals surface area contributed by atoms with Crippen molar-refractivity contribution in [3.63, 3.8) is 0 Å². The molecule has 1 rings (SSSR count). The van der Waals surface area contributed by atoms with E-state index in [0.717, 1.165) is 0 Å². The zero-order chi connectivity index (χ0) is 10.8. The molecule has 0 bridgehead atoms. The van der Waals surface area contributed by atoms with Crippen LogP contribution in [0.2, 0.25) is 0 Å². The number of aliphatic hydroxyl groups excluding tert-OH is 1. The smallest absolute Gasteiger partial charge is 0.234 e. The van der Waals surface area contributed by atoms with Gasteiger partial charge in [-0.1, -0.05) is 40.0 Å². The van der Waals surface area contributed by atoms with Gasteiger partial charge >= 0.3 is 0 Å². The van der Waals surface area contributed by atoms with E-state index in [2.05, 4.69) is 10.3 Å². The number of nitrogens with two attached hydrogens (primary N) is 1. The van der Waals surface area contributed by atoms with Crippen LogP contribution < -0.4 is 5.73 Å². The molecule has 1 aromatic heterocycles. The summed E-state index contributed by atoms with van der Waals surface area (Å²) in [4.78, 5) is 0. The van der Waals surface area contributed by atoms with Gasteiger partial charge in [0.1, 0.15) is 11.4 Å². The van der Waals surface area contributed by atoms with Crippen molar-refractivity contribution in [2.75, 3.05) is 6.61 Å². The molecule has 80 valence electrons. The number of aromatic nitrogens is 3. The number of rotatable bonds is 3. The van der Waals surface area contributed by atoms with Gasteiger partial charge in [0.25, 0.3) is 0 Å².